The minimum Gasteiger partial charge on any atom is -0.480 e. The van der Waals surface area contributed by atoms with Crippen LogP contribution in [0.2, 0.25) is 0 Å². The monoisotopic (exact) mass is 518 g/mol. The van der Waals surface area contributed by atoms with Crippen LogP contribution < -0.4 is 32.7 Å². The molecule has 11 nitrogen and oxygen atoms in total. The number of aliphatic carboxylic acids is 1. The lowest BCUT2D eigenvalue weighted by Gasteiger charge is -2.25. The summed E-state index contributed by atoms with van der Waals surface area (Å²) in [6.07, 6.45) is 4.92. The molecule has 11 heteroatoms. The molecular formula is C26H42N6O5. The summed E-state index contributed by atoms with van der Waals surface area (Å²) in [5, 5.41) is 21.0. The molecule has 1 aliphatic rings. The van der Waals surface area contributed by atoms with E-state index >= 15 is 0 Å². The molecule has 0 bridgehead atoms. The highest BCUT2D eigenvalue weighted by molar-refractivity contribution is 5.94. The van der Waals surface area contributed by atoms with Crippen molar-refractivity contribution in [2.45, 2.75) is 82.0 Å². The zero-order chi connectivity index (χ0) is 27.0. The number of carboxylic acids is 1. The third kappa shape index (κ3) is 10.9. The highest BCUT2D eigenvalue weighted by atomic mass is 16.4. The summed E-state index contributed by atoms with van der Waals surface area (Å²) in [5.41, 5.74) is 12.0. The Labute approximate surface area is 218 Å². The van der Waals surface area contributed by atoms with Crippen LogP contribution in [-0.2, 0) is 25.6 Å². The zero-order valence-corrected chi connectivity index (χ0v) is 21.4. The molecule has 4 unspecified atom stereocenters. The largest absolute Gasteiger partial charge is 0.480 e. The van der Waals surface area contributed by atoms with Gasteiger partial charge in [0.1, 0.15) is 18.1 Å². The number of carbonyl (C=O) groups is 4. The second-order valence-corrected chi connectivity index (χ2v) is 9.43. The quantitative estimate of drug-likeness (QED) is 0.138. The Hall–Kier alpha value is -3.02. The highest BCUT2D eigenvalue weighted by Gasteiger charge is 2.31. The van der Waals surface area contributed by atoms with Gasteiger partial charge in [0.05, 0.1) is 6.04 Å². The zero-order valence-electron chi connectivity index (χ0n) is 21.4. The summed E-state index contributed by atoms with van der Waals surface area (Å²) in [5.74, 6) is -2.48. The lowest BCUT2D eigenvalue weighted by molar-refractivity contribution is -0.142. The SMILES string of the molecule is NCCCCC(NC(=O)C(CCCCN)NC(=O)C1CCCN1)C(=O)NC(Cc1ccccc1)C(=O)O. The standard InChI is InChI=1S/C26H42N6O5/c27-14-6-4-11-20(30-23(33)19-13-8-16-29-19)24(34)31-21(12-5-7-15-28)25(35)32-22(26(36)37)17-18-9-2-1-3-10-18/h1-3,9-10,19-22,29H,4-8,11-17,27-28H2,(H,30,33)(H,31,34)(H,32,35)(H,36,37). The van der Waals surface area contributed by atoms with Crippen LogP contribution in [0.25, 0.3) is 0 Å². The molecule has 1 aliphatic heterocycles. The number of hydrogen-bond acceptors (Lipinski definition) is 7. The van der Waals surface area contributed by atoms with E-state index in [1.165, 1.54) is 0 Å². The van der Waals surface area contributed by atoms with Crippen molar-refractivity contribution < 1.29 is 24.3 Å². The maximum atomic E-state index is 13.2. The highest BCUT2D eigenvalue weighted by Crippen LogP contribution is 2.10. The number of amides is 3. The number of nitrogens with one attached hydrogen (secondary N) is 4. The molecule has 0 aliphatic carbocycles. The molecule has 1 fully saturated rings. The number of carboxylic acid groups (broad SMARTS) is 1. The first-order valence-electron chi connectivity index (χ1n) is 13.2. The van der Waals surface area contributed by atoms with Crippen LogP contribution >= 0.6 is 0 Å². The summed E-state index contributed by atoms with van der Waals surface area (Å²) >= 11 is 0. The first kappa shape index (κ1) is 30.2. The molecule has 1 saturated heterocycles. The van der Waals surface area contributed by atoms with E-state index in [0.717, 1.165) is 18.5 Å². The molecule has 9 N–H and O–H groups in total. The van der Waals surface area contributed by atoms with Crippen LogP contribution in [0.4, 0.5) is 0 Å². The van der Waals surface area contributed by atoms with Crippen LogP contribution in [0.3, 0.4) is 0 Å². The average Bonchev–Trinajstić information content (AvgIpc) is 3.43. The number of benzene rings is 1. The van der Waals surface area contributed by atoms with Crippen molar-refractivity contribution in [3.05, 3.63) is 35.9 Å². The number of carbonyl (C=O) groups excluding carboxylic acids is 3. The second kappa shape index (κ2) is 16.7. The van der Waals surface area contributed by atoms with Crippen LogP contribution in [0.5, 0.6) is 0 Å². The van der Waals surface area contributed by atoms with E-state index in [4.69, 9.17) is 11.5 Å². The van der Waals surface area contributed by atoms with Gasteiger partial charge in [0.2, 0.25) is 17.7 Å². The van der Waals surface area contributed by atoms with E-state index in [1.807, 2.05) is 6.07 Å². The van der Waals surface area contributed by atoms with Gasteiger partial charge in [-0.05, 0) is 76.6 Å². The molecule has 37 heavy (non-hydrogen) atoms. The Morgan fingerprint density at radius 3 is 1.95 bits per heavy atom. The van der Waals surface area contributed by atoms with Gasteiger partial charge in [-0.3, -0.25) is 14.4 Å². The van der Waals surface area contributed by atoms with Gasteiger partial charge in [-0.2, -0.15) is 0 Å². The topological polar surface area (TPSA) is 189 Å². The Morgan fingerprint density at radius 1 is 0.865 bits per heavy atom. The van der Waals surface area contributed by atoms with Gasteiger partial charge >= 0.3 is 5.97 Å². The van der Waals surface area contributed by atoms with E-state index in [-0.39, 0.29) is 18.4 Å². The Balaban J connectivity index is 2.10. The molecule has 4 atom stereocenters. The predicted octanol–water partition coefficient (Wildman–Crippen LogP) is -0.222. The fraction of sp³-hybridized carbons (Fsp3) is 0.615. The average molecular weight is 519 g/mol. The Bertz CT molecular complexity index is 862. The fourth-order valence-electron chi connectivity index (χ4n) is 4.30. The lowest BCUT2D eigenvalue weighted by atomic mass is 10.0. The summed E-state index contributed by atoms with van der Waals surface area (Å²) in [7, 11) is 0. The first-order chi connectivity index (χ1) is 17.8. The lowest BCUT2D eigenvalue weighted by Crippen LogP contribution is -2.57. The van der Waals surface area contributed by atoms with Crippen LogP contribution in [0, 0.1) is 0 Å². The van der Waals surface area contributed by atoms with E-state index in [1.54, 1.807) is 24.3 Å². The summed E-state index contributed by atoms with van der Waals surface area (Å²) < 4.78 is 0. The molecule has 1 heterocycles. The number of rotatable bonds is 17. The number of unbranched alkanes of at least 4 members (excludes halogenated alkanes) is 2. The van der Waals surface area contributed by atoms with Gasteiger partial charge in [0, 0.05) is 6.42 Å². The second-order valence-electron chi connectivity index (χ2n) is 9.43. The van der Waals surface area contributed by atoms with E-state index in [9.17, 15) is 24.3 Å². The molecule has 0 aromatic heterocycles. The van der Waals surface area contributed by atoms with Crippen molar-refractivity contribution in [2.24, 2.45) is 11.5 Å². The van der Waals surface area contributed by atoms with E-state index < -0.39 is 35.9 Å². The van der Waals surface area contributed by atoms with Gasteiger partial charge < -0.3 is 37.8 Å². The van der Waals surface area contributed by atoms with Crippen LogP contribution in [0.1, 0.15) is 56.9 Å². The summed E-state index contributed by atoms with van der Waals surface area (Å²) in [6, 6.07) is 5.71. The van der Waals surface area contributed by atoms with Gasteiger partial charge in [-0.25, -0.2) is 4.79 Å². The van der Waals surface area contributed by atoms with Gasteiger partial charge in [-0.15, -0.1) is 0 Å². The maximum Gasteiger partial charge on any atom is 0.326 e. The van der Waals surface area contributed by atoms with Crippen LogP contribution in [-0.4, -0.2) is 72.6 Å². The van der Waals surface area contributed by atoms with Crippen molar-refractivity contribution in [3.8, 4) is 0 Å². The van der Waals surface area contributed by atoms with Crippen molar-refractivity contribution in [1.82, 2.24) is 21.3 Å². The molecule has 0 spiro atoms. The molecule has 0 radical (unpaired) electrons. The number of hydrogen-bond donors (Lipinski definition) is 7. The normalized spacial score (nSPS) is 17.4. The fourth-order valence-corrected chi connectivity index (χ4v) is 4.30. The Kier molecular flexibility index (Phi) is 13.6. The Morgan fingerprint density at radius 2 is 1.43 bits per heavy atom. The van der Waals surface area contributed by atoms with E-state index in [2.05, 4.69) is 21.3 Å². The van der Waals surface area contributed by atoms with Crippen molar-refractivity contribution in [1.29, 1.82) is 0 Å². The first-order valence-corrected chi connectivity index (χ1v) is 13.2. The van der Waals surface area contributed by atoms with Crippen LogP contribution in [0.15, 0.2) is 30.3 Å². The molecule has 3 amide bonds. The smallest absolute Gasteiger partial charge is 0.326 e. The van der Waals surface area contributed by atoms with Crippen molar-refractivity contribution >= 4 is 23.7 Å². The minimum atomic E-state index is -1.17. The number of nitrogens with two attached hydrogens (primary N) is 2. The molecular weight excluding hydrogens is 476 g/mol. The predicted molar refractivity (Wildman–Crippen MR) is 140 cm³/mol. The maximum absolute atomic E-state index is 13.2. The third-order valence-corrected chi connectivity index (χ3v) is 6.43. The van der Waals surface area contributed by atoms with Gasteiger partial charge in [0.15, 0.2) is 0 Å². The molecule has 1 aromatic carbocycles. The van der Waals surface area contributed by atoms with Crippen molar-refractivity contribution in [2.75, 3.05) is 19.6 Å². The molecule has 1 aromatic rings. The summed E-state index contributed by atoms with van der Waals surface area (Å²) in [6.45, 7) is 1.65. The van der Waals surface area contributed by atoms with Gasteiger partial charge in [0.25, 0.3) is 0 Å². The molecule has 2 rings (SSSR count). The van der Waals surface area contributed by atoms with E-state index in [0.29, 0.717) is 58.0 Å². The van der Waals surface area contributed by atoms with Crippen molar-refractivity contribution in [3.63, 3.8) is 0 Å². The van der Waals surface area contributed by atoms with Gasteiger partial charge in [-0.1, -0.05) is 30.3 Å². The molecule has 206 valence electrons. The summed E-state index contributed by atoms with van der Waals surface area (Å²) in [4.78, 5) is 51.0. The third-order valence-electron chi connectivity index (χ3n) is 6.43. The minimum absolute atomic E-state index is 0.109. The molecule has 0 saturated carbocycles.